The third-order valence-electron chi connectivity index (χ3n) is 2.67. The van der Waals surface area contributed by atoms with E-state index in [0.717, 1.165) is 16.9 Å². The third-order valence-corrected chi connectivity index (χ3v) is 2.89. The Morgan fingerprint density at radius 3 is 3.06 bits per heavy atom. The van der Waals surface area contributed by atoms with Crippen molar-refractivity contribution in [2.75, 3.05) is 27.0 Å². The lowest BCUT2D eigenvalue weighted by Gasteiger charge is -2.23. The van der Waals surface area contributed by atoms with E-state index in [1.54, 1.807) is 0 Å². The monoisotopic (exact) mass is 257 g/mol. The van der Waals surface area contributed by atoms with Gasteiger partial charge >= 0.3 is 0 Å². The quantitative estimate of drug-likeness (QED) is 0.890. The Labute approximate surface area is 106 Å². The smallest absolute Gasteiger partial charge is 0.189 e. The maximum Gasteiger partial charge on any atom is 0.189 e. The molecule has 0 atom stereocenters. The summed E-state index contributed by atoms with van der Waals surface area (Å²) in [6, 6.07) is 3.77. The van der Waals surface area contributed by atoms with Crippen LogP contribution in [0.25, 0.3) is 0 Å². The predicted octanol–water partition coefficient (Wildman–Crippen LogP) is 1.63. The Bertz CT molecular complexity index is 398. The van der Waals surface area contributed by atoms with Gasteiger partial charge in [-0.3, -0.25) is 4.90 Å². The molecule has 1 aromatic carbocycles. The van der Waals surface area contributed by atoms with Crippen LogP contribution in [-0.4, -0.2) is 37.0 Å². The lowest BCUT2D eigenvalue weighted by molar-refractivity contribution is -0.0174. The normalized spacial score (nSPS) is 14.6. The van der Waals surface area contributed by atoms with Crippen LogP contribution in [0.4, 0.5) is 0 Å². The molecule has 1 N–H and O–H groups in total. The minimum atomic E-state index is 0.142. The fraction of sp³-hybridized carbons (Fsp3) is 0.500. The van der Waals surface area contributed by atoms with Gasteiger partial charge in [-0.05, 0) is 19.2 Å². The minimum Gasteiger partial charge on any atom is -0.467 e. The van der Waals surface area contributed by atoms with E-state index in [1.807, 2.05) is 24.1 Å². The van der Waals surface area contributed by atoms with Crippen molar-refractivity contribution in [2.45, 2.75) is 13.2 Å². The number of aliphatic hydroxyl groups excluding tert-OH is 1. The van der Waals surface area contributed by atoms with Gasteiger partial charge in [0.2, 0.25) is 0 Å². The second-order valence-electron chi connectivity index (χ2n) is 4.13. The van der Waals surface area contributed by atoms with E-state index in [9.17, 15) is 0 Å². The third kappa shape index (κ3) is 3.10. The van der Waals surface area contributed by atoms with Gasteiger partial charge in [-0.25, -0.2) is 0 Å². The Morgan fingerprint density at radius 1 is 1.47 bits per heavy atom. The molecule has 0 fully saturated rings. The summed E-state index contributed by atoms with van der Waals surface area (Å²) in [5, 5.41) is 9.57. The predicted molar refractivity (Wildman–Crippen MR) is 65.2 cm³/mol. The van der Waals surface area contributed by atoms with E-state index in [0.29, 0.717) is 24.7 Å². The molecule has 0 radical (unpaired) electrons. The van der Waals surface area contributed by atoms with Gasteiger partial charge < -0.3 is 14.6 Å². The van der Waals surface area contributed by atoms with Crippen LogP contribution in [-0.2, 0) is 17.9 Å². The molecule has 2 rings (SSSR count). The van der Waals surface area contributed by atoms with Gasteiger partial charge in [0.15, 0.2) is 6.79 Å². The number of ether oxygens (including phenoxy) is 2. The SMILES string of the molecule is CN(CCO)Cc1cc(Cl)cc2c1OCOC2. The summed E-state index contributed by atoms with van der Waals surface area (Å²) in [6.07, 6.45) is 0. The largest absolute Gasteiger partial charge is 0.467 e. The molecule has 0 bridgehead atoms. The molecule has 1 aromatic rings. The molecule has 0 amide bonds. The molecular formula is C12H16ClNO3. The van der Waals surface area contributed by atoms with Crippen LogP contribution < -0.4 is 4.74 Å². The lowest BCUT2D eigenvalue weighted by Crippen LogP contribution is -2.23. The average molecular weight is 258 g/mol. The zero-order valence-corrected chi connectivity index (χ0v) is 10.5. The highest BCUT2D eigenvalue weighted by molar-refractivity contribution is 6.30. The van der Waals surface area contributed by atoms with Crippen LogP contribution in [0.15, 0.2) is 12.1 Å². The molecule has 0 aromatic heterocycles. The topological polar surface area (TPSA) is 41.9 Å². The molecular weight excluding hydrogens is 242 g/mol. The molecule has 0 spiro atoms. The van der Waals surface area contributed by atoms with Crippen molar-refractivity contribution in [3.8, 4) is 5.75 Å². The maximum absolute atomic E-state index is 8.89. The number of halogens is 1. The number of benzene rings is 1. The zero-order chi connectivity index (χ0) is 12.3. The molecule has 17 heavy (non-hydrogen) atoms. The second-order valence-corrected chi connectivity index (χ2v) is 4.56. The number of likely N-dealkylation sites (N-methyl/N-ethyl adjacent to an activating group) is 1. The lowest BCUT2D eigenvalue weighted by atomic mass is 10.1. The maximum atomic E-state index is 8.89. The molecule has 1 aliphatic rings. The Kier molecular flexibility index (Phi) is 4.23. The molecule has 0 saturated carbocycles. The van der Waals surface area contributed by atoms with Crippen molar-refractivity contribution in [1.82, 2.24) is 4.90 Å². The standard InChI is InChI=1S/C12H16ClNO3/c1-14(2-3-15)6-9-4-11(13)5-10-7-16-8-17-12(9)10/h4-5,15H,2-3,6-8H2,1H3. The summed E-state index contributed by atoms with van der Waals surface area (Å²) in [5.74, 6) is 0.866. The fourth-order valence-corrected chi connectivity index (χ4v) is 2.18. The van der Waals surface area contributed by atoms with Gasteiger partial charge in [0.05, 0.1) is 13.2 Å². The Hall–Kier alpha value is -0.810. The Balaban J connectivity index is 2.23. The van der Waals surface area contributed by atoms with Crippen molar-refractivity contribution in [3.63, 3.8) is 0 Å². The highest BCUT2D eigenvalue weighted by Gasteiger charge is 2.17. The van der Waals surface area contributed by atoms with Gasteiger partial charge in [0, 0.05) is 29.2 Å². The molecule has 94 valence electrons. The number of fused-ring (bicyclic) bond motifs is 1. The second kappa shape index (κ2) is 5.69. The first-order valence-electron chi connectivity index (χ1n) is 5.52. The number of aliphatic hydroxyl groups is 1. The first kappa shape index (κ1) is 12.6. The average Bonchev–Trinajstić information content (AvgIpc) is 2.29. The number of hydrogen-bond donors (Lipinski definition) is 1. The van der Waals surface area contributed by atoms with Crippen molar-refractivity contribution < 1.29 is 14.6 Å². The van der Waals surface area contributed by atoms with Crippen LogP contribution in [0.5, 0.6) is 5.75 Å². The molecule has 4 nitrogen and oxygen atoms in total. The van der Waals surface area contributed by atoms with Crippen molar-refractivity contribution in [2.24, 2.45) is 0 Å². The van der Waals surface area contributed by atoms with Gasteiger partial charge in [-0.15, -0.1) is 0 Å². The van der Waals surface area contributed by atoms with E-state index in [1.165, 1.54) is 0 Å². The highest BCUT2D eigenvalue weighted by atomic mass is 35.5. The molecule has 0 saturated heterocycles. The molecule has 0 unspecified atom stereocenters. The van der Waals surface area contributed by atoms with Crippen molar-refractivity contribution >= 4 is 11.6 Å². The van der Waals surface area contributed by atoms with E-state index >= 15 is 0 Å². The van der Waals surface area contributed by atoms with Gasteiger partial charge in [-0.1, -0.05) is 11.6 Å². The zero-order valence-electron chi connectivity index (χ0n) is 9.78. The Morgan fingerprint density at radius 2 is 2.29 bits per heavy atom. The number of nitrogens with zero attached hydrogens (tertiary/aromatic N) is 1. The van der Waals surface area contributed by atoms with E-state index < -0.39 is 0 Å². The summed E-state index contributed by atoms with van der Waals surface area (Å²) < 4.78 is 10.7. The molecule has 0 aliphatic carbocycles. The molecule has 1 aliphatic heterocycles. The fourth-order valence-electron chi connectivity index (χ4n) is 1.91. The summed E-state index contributed by atoms with van der Waals surface area (Å²) >= 11 is 6.06. The first-order chi connectivity index (χ1) is 8.20. The van der Waals surface area contributed by atoms with Crippen molar-refractivity contribution in [1.29, 1.82) is 0 Å². The summed E-state index contributed by atoms with van der Waals surface area (Å²) in [5.41, 5.74) is 2.02. The van der Waals surface area contributed by atoms with Gasteiger partial charge in [0.1, 0.15) is 5.75 Å². The minimum absolute atomic E-state index is 0.142. The van der Waals surface area contributed by atoms with E-state index in [2.05, 4.69) is 0 Å². The van der Waals surface area contributed by atoms with Crippen LogP contribution in [0.3, 0.4) is 0 Å². The van der Waals surface area contributed by atoms with Gasteiger partial charge in [0.25, 0.3) is 0 Å². The van der Waals surface area contributed by atoms with E-state index in [-0.39, 0.29) is 13.4 Å². The highest BCUT2D eigenvalue weighted by Crippen LogP contribution is 2.32. The summed E-state index contributed by atoms with van der Waals surface area (Å²) in [4.78, 5) is 2.02. The van der Waals surface area contributed by atoms with Crippen LogP contribution in [0.1, 0.15) is 11.1 Å². The van der Waals surface area contributed by atoms with Crippen LogP contribution >= 0.6 is 11.6 Å². The molecule has 1 heterocycles. The van der Waals surface area contributed by atoms with Crippen LogP contribution in [0.2, 0.25) is 5.02 Å². The first-order valence-corrected chi connectivity index (χ1v) is 5.89. The summed E-state index contributed by atoms with van der Waals surface area (Å²) in [6.45, 7) is 2.28. The summed E-state index contributed by atoms with van der Waals surface area (Å²) in [7, 11) is 1.95. The van der Waals surface area contributed by atoms with E-state index in [4.69, 9.17) is 26.2 Å². The van der Waals surface area contributed by atoms with Crippen LogP contribution in [0, 0.1) is 0 Å². The number of hydrogen-bond acceptors (Lipinski definition) is 4. The van der Waals surface area contributed by atoms with Gasteiger partial charge in [-0.2, -0.15) is 0 Å². The number of rotatable bonds is 4. The van der Waals surface area contributed by atoms with Crippen molar-refractivity contribution in [3.05, 3.63) is 28.3 Å². The molecule has 5 heteroatoms.